The molecular weight excluding hydrogens is 346 g/mol. The third-order valence-electron chi connectivity index (χ3n) is 3.47. The van der Waals surface area contributed by atoms with Gasteiger partial charge in [0, 0.05) is 31.3 Å². The van der Waals surface area contributed by atoms with Crippen molar-refractivity contribution in [2.45, 2.75) is 31.1 Å². The van der Waals surface area contributed by atoms with E-state index >= 15 is 0 Å². The number of rotatable bonds is 7. The zero-order chi connectivity index (χ0) is 18.8. The molecule has 25 heavy (non-hydrogen) atoms. The van der Waals surface area contributed by atoms with E-state index in [1.807, 2.05) is 0 Å². The number of thiol groups is 1. The highest BCUT2D eigenvalue weighted by atomic mass is 32.1. The Balaban J connectivity index is 2.66. The molecule has 0 spiro atoms. The predicted octanol–water partition coefficient (Wildman–Crippen LogP) is 1.75. The number of likely N-dealkylation sites (tertiary alicyclic amines) is 1. The van der Waals surface area contributed by atoms with Crippen molar-refractivity contribution in [3.63, 3.8) is 0 Å². The fourth-order valence-electron chi connectivity index (χ4n) is 2.47. The summed E-state index contributed by atoms with van der Waals surface area (Å²) in [7, 11) is 0. The molecule has 0 aromatic rings. The van der Waals surface area contributed by atoms with Crippen molar-refractivity contribution < 1.29 is 23.9 Å². The van der Waals surface area contributed by atoms with Crippen LogP contribution in [0.15, 0.2) is 25.3 Å². The van der Waals surface area contributed by atoms with E-state index < -0.39 is 18.1 Å². The summed E-state index contributed by atoms with van der Waals surface area (Å²) in [6.45, 7) is 9.09. The Labute approximate surface area is 153 Å². The standard InChI is InChI=1S/C16H25N3O5S/c1-4-8-23-15(21)18-11-14(25)10-13(18)6-7-19(17-12(3)20)16(22)24-9-5-2/h4-5,13-14,25H,1-2,6-11H2,3H3,(H,17,20). The molecule has 140 valence electrons. The molecule has 0 aromatic heterocycles. The Morgan fingerprint density at radius 2 is 1.92 bits per heavy atom. The van der Waals surface area contributed by atoms with Gasteiger partial charge in [-0.05, 0) is 12.8 Å². The molecule has 0 aromatic carbocycles. The zero-order valence-electron chi connectivity index (χ0n) is 14.3. The van der Waals surface area contributed by atoms with Gasteiger partial charge in [0.15, 0.2) is 0 Å². The van der Waals surface area contributed by atoms with Crippen LogP contribution in [0.2, 0.25) is 0 Å². The fourth-order valence-corrected chi connectivity index (χ4v) is 2.89. The quantitative estimate of drug-likeness (QED) is 0.404. The lowest BCUT2D eigenvalue weighted by molar-refractivity contribution is -0.123. The minimum absolute atomic E-state index is 0.0308. The van der Waals surface area contributed by atoms with Crippen LogP contribution in [0.1, 0.15) is 19.8 Å². The van der Waals surface area contributed by atoms with Gasteiger partial charge < -0.3 is 14.4 Å². The van der Waals surface area contributed by atoms with Crippen molar-refractivity contribution in [3.05, 3.63) is 25.3 Å². The number of carbonyl (C=O) groups excluding carboxylic acids is 3. The zero-order valence-corrected chi connectivity index (χ0v) is 15.2. The van der Waals surface area contributed by atoms with Crippen molar-refractivity contribution in [2.24, 2.45) is 0 Å². The van der Waals surface area contributed by atoms with Crippen LogP contribution in [0.25, 0.3) is 0 Å². The summed E-state index contributed by atoms with van der Waals surface area (Å²) in [5.41, 5.74) is 2.42. The first-order valence-electron chi connectivity index (χ1n) is 7.93. The summed E-state index contributed by atoms with van der Waals surface area (Å²) < 4.78 is 10.0. The molecule has 0 bridgehead atoms. The second-order valence-electron chi connectivity index (χ2n) is 5.54. The Hall–Kier alpha value is -2.16. The number of hydrazine groups is 1. The maximum Gasteiger partial charge on any atom is 0.428 e. The Morgan fingerprint density at radius 3 is 2.52 bits per heavy atom. The maximum atomic E-state index is 12.1. The van der Waals surface area contributed by atoms with E-state index in [-0.39, 0.29) is 31.1 Å². The van der Waals surface area contributed by atoms with Crippen molar-refractivity contribution in [2.75, 3.05) is 26.3 Å². The van der Waals surface area contributed by atoms with Crippen LogP contribution in [0, 0.1) is 0 Å². The van der Waals surface area contributed by atoms with Crippen molar-refractivity contribution in [3.8, 4) is 0 Å². The van der Waals surface area contributed by atoms with E-state index in [9.17, 15) is 14.4 Å². The van der Waals surface area contributed by atoms with E-state index in [4.69, 9.17) is 9.47 Å². The maximum absolute atomic E-state index is 12.1. The minimum atomic E-state index is -0.684. The lowest BCUT2D eigenvalue weighted by Crippen LogP contribution is -2.48. The van der Waals surface area contributed by atoms with Gasteiger partial charge in [-0.3, -0.25) is 10.2 Å². The molecule has 1 rings (SSSR count). The first-order chi connectivity index (χ1) is 11.9. The third kappa shape index (κ3) is 7.08. The van der Waals surface area contributed by atoms with E-state index in [2.05, 4.69) is 31.2 Å². The van der Waals surface area contributed by atoms with Gasteiger partial charge in [0.05, 0.1) is 0 Å². The number of nitrogens with zero attached hydrogens (tertiary/aromatic N) is 2. The lowest BCUT2D eigenvalue weighted by Gasteiger charge is -2.27. The first kappa shape index (κ1) is 20.9. The number of amides is 3. The van der Waals surface area contributed by atoms with Crippen LogP contribution in [-0.2, 0) is 14.3 Å². The fraction of sp³-hybridized carbons (Fsp3) is 0.562. The van der Waals surface area contributed by atoms with Crippen LogP contribution in [0.5, 0.6) is 0 Å². The molecule has 1 N–H and O–H groups in total. The Morgan fingerprint density at radius 1 is 1.28 bits per heavy atom. The van der Waals surface area contributed by atoms with E-state index in [1.165, 1.54) is 19.1 Å². The van der Waals surface area contributed by atoms with Gasteiger partial charge in [0.1, 0.15) is 13.2 Å². The molecule has 1 aliphatic rings. The van der Waals surface area contributed by atoms with Crippen molar-refractivity contribution in [1.82, 2.24) is 15.3 Å². The number of nitrogens with one attached hydrogen (secondary N) is 1. The number of hydrogen-bond acceptors (Lipinski definition) is 6. The molecular formula is C16H25N3O5S. The Bertz CT molecular complexity index is 514. The second kappa shape index (κ2) is 10.7. The lowest BCUT2D eigenvalue weighted by atomic mass is 10.1. The molecule has 2 unspecified atom stereocenters. The van der Waals surface area contributed by atoms with Gasteiger partial charge in [0.25, 0.3) is 0 Å². The van der Waals surface area contributed by atoms with Gasteiger partial charge in [-0.1, -0.05) is 25.3 Å². The smallest absolute Gasteiger partial charge is 0.428 e. The van der Waals surface area contributed by atoms with Gasteiger partial charge >= 0.3 is 12.2 Å². The van der Waals surface area contributed by atoms with Crippen molar-refractivity contribution >= 4 is 30.7 Å². The number of ether oxygens (including phenoxy) is 2. The highest BCUT2D eigenvalue weighted by Crippen LogP contribution is 2.25. The highest BCUT2D eigenvalue weighted by molar-refractivity contribution is 7.81. The number of hydrogen-bond donors (Lipinski definition) is 2. The largest absolute Gasteiger partial charge is 0.445 e. The summed E-state index contributed by atoms with van der Waals surface area (Å²) in [5, 5.41) is 1.12. The molecule has 8 nitrogen and oxygen atoms in total. The predicted molar refractivity (Wildman–Crippen MR) is 96.1 cm³/mol. The monoisotopic (exact) mass is 371 g/mol. The van der Waals surface area contributed by atoms with E-state index in [0.29, 0.717) is 19.4 Å². The topological polar surface area (TPSA) is 88.2 Å². The average Bonchev–Trinajstić information content (AvgIpc) is 2.94. The van der Waals surface area contributed by atoms with Gasteiger partial charge in [-0.15, -0.1) is 0 Å². The van der Waals surface area contributed by atoms with Crippen molar-refractivity contribution in [1.29, 1.82) is 0 Å². The molecule has 1 heterocycles. The molecule has 0 radical (unpaired) electrons. The molecule has 1 saturated heterocycles. The molecule has 0 aliphatic carbocycles. The van der Waals surface area contributed by atoms with Gasteiger partial charge in [0.2, 0.25) is 5.91 Å². The number of carbonyl (C=O) groups is 3. The molecule has 9 heteroatoms. The summed E-state index contributed by atoms with van der Waals surface area (Å²) in [4.78, 5) is 36.9. The van der Waals surface area contributed by atoms with E-state index in [1.54, 1.807) is 4.90 Å². The Kier molecular flexibility index (Phi) is 8.90. The normalized spacial score (nSPS) is 19.0. The van der Waals surface area contributed by atoms with Crippen LogP contribution >= 0.6 is 12.6 Å². The van der Waals surface area contributed by atoms with Crippen LogP contribution in [0.4, 0.5) is 9.59 Å². The summed E-state index contributed by atoms with van der Waals surface area (Å²) in [6.07, 6.45) is 2.92. The summed E-state index contributed by atoms with van der Waals surface area (Å²) >= 11 is 4.43. The molecule has 1 fully saturated rings. The second-order valence-corrected chi connectivity index (χ2v) is 6.27. The third-order valence-corrected chi connectivity index (χ3v) is 3.85. The van der Waals surface area contributed by atoms with E-state index in [0.717, 1.165) is 5.01 Å². The summed E-state index contributed by atoms with van der Waals surface area (Å²) in [6, 6.07) is -0.150. The highest BCUT2D eigenvalue weighted by Gasteiger charge is 2.35. The van der Waals surface area contributed by atoms with Gasteiger partial charge in [-0.2, -0.15) is 12.6 Å². The summed E-state index contributed by atoms with van der Waals surface area (Å²) in [5.74, 6) is -0.392. The van der Waals surface area contributed by atoms with Gasteiger partial charge in [-0.25, -0.2) is 14.6 Å². The average molecular weight is 371 g/mol. The molecule has 2 atom stereocenters. The van der Waals surface area contributed by atoms with Crippen LogP contribution < -0.4 is 5.43 Å². The molecule has 3 amide bonds. The van der Waals surface area contributed by atoms with Crippen LogP contribution in [0.3, 0.4) is 0 Å². The molecule has 1 aliphatic heterocycles. The minimum Gasteiger partial charge on any atom is -0.445 e. The SMILES string of the molecule is C=CCOC(=O)N(CCC1CC(S)CN1C(=O)OCC=C)NC(C)=O. The molecule has 0 saturated carbocycles. The first-order valence-corrected chi connectivity index (χ1v) is 8.45. The van der Waals surface area contributed by atoms with Crippen LogP contribution in [-0.4, -0.2) is 65.6 Å².